The van der Waals surface area contributed by atoms with Crippen LogP contribution in [0.15, 0.2) is 156 Å². The van der Waals surface area contributed by atoms with Gasteiger partial charge in [0.2, 0.25) is 0 Å². The highest BCUT2D eigenvalue weighted by atomic mass is 16.3. The second kappa shape index (κ2) is 10.2. The van der Waals surface area contributed by atoms with Crippen LogP contribution in [0.4, 0.5) is 17.1 Å². The molecule has 5 unspecified atom stereocenters. The van der Waals surface area contributed by atoms with Crippen molar-refractivity contribution in [1.29, 1.82) is 0 Å². The summed E-state index contributed by atoms with van der Waals surface area (Å²) in [4.78, 5) is 2.51. The predicted molar refractivity (Wildman–Crippen MR) is 210 cm³/mol. The highest BCUT2D eigenvalue weighted by molar-refractivity contribution is 6.09. The van der Waals surface area contributed by atoms with Crippen LogP contribution in [-0.2, 0) is 5.41 Å². The molecular formula is C49H37NO. The number of rotatable bonds is 4. The molecule has 7 aromatic carbocycles. The van der Waals surface area contributed by atoms with Crippen LogP contribution in [0.5, 0.6) is 0 Å². The van der Waals surface area contributed by atoms with E-state index in [9.17, 15) is 0 Å². The largest absolute Gasteiger partial charge is 0.456 e. The molecule has 0 saturated heterocycles. The van der Waals surface area contributed by atoms with E-state index in [1.807, 2.05) is 0 Å². The van der Waals surface area contributed by atoms with Crippen LogP contribution in [0.1, 0.15) is 36.8 Å². The molecule has 2 heteroatoms. The van der Waals surface area contributed by atoms with Gasteiger partial charge in [-0.3, -0.25) is 0 Å². The molecule has 1 heterocycles. The first kappa shape index (κ1) is 28.1. The van der Waals surface area contributed by atoms with Crippen molar-refractivity contribution in [2.24, 2.45) is 23.7 Å². The molecule has 4 bridgehead atoms. The Hall–Kier alpha value is -5.60. The fourth-order valence-electron chi connectivity index (χ4n) is 11.7. The van der Waals surface area contributed by atoms with E-state index < -0.39 is 0 Å². The lowest BCUT2D eigenvalue weighted by molar-refractivity contribution is 0.191. The standard InChI is InChI=1S/C49H37NO/c1-2-10-31(11-3-1)36-22-23-46(40-14-5-4-12-37(36)40)50(35-19-21-42-41-15-7-9-17-47(41)51-48(42)29-35)34-18-20-39-38-13-6-8-16-43(38)49(45(39)28-34)33-25-30-24-32(27-33)44(49)26-30/h1-23,28-30,32-33,44H,24-27H2. The molecular weight excluding hydrogens is 619 g/mol. The Morgan fingerprint density at radius 3 is 2.10 bits per heavy atom. The fourth-order valence-corrected chi connectivity index (χ4v) is 11.7. The topological polar surface area (TPSA) is 16.4 Å². The second-order valence-corrected chi connectivity index (χ2v) is 15.7. The quantitative estimate of drug-likeness (QED) is 0.188. The molecule has 244 valence electrons. The molecule has 0 radical (unpaired) electrons. The van der Waals surface area contributed by atoms with Crippen molar-refractivity contribution in [2.75, 3.05) is 4.90 Å². The zero-order valence-electron chi connectivity index (χ0n) is 28.4. The summed E-state index contributed by atoms with van der Waals surface area (Å²) in [5.41, 5.74) is 14.0. The number of para-hydroxylation sites is 1. The molecule has 51 heavy (non-hydrogen) atoms. The first-order valence-corrected chi connectivity index (χ1v) is 18.8. The molecule has 8 aromatic rings. The summed E-state index contributed by atoms with van der Waals surface area (Å²) in [7, 11) is 0. The maximum atomic E-state index is 6.51. The maximum absolute atomic E-state index is 6.51. The van der Waals surface area contributed by atoms with Gasteiger partial charge in [0, 0.05) is 39.0 Å². The molecule has 5 atom stereocenters. The van der Waals surface area contributed by atoms with Crippen LogP contribution in [-0.4, -0.2) is 0 Å². The first-order valence-electron chi connectivity index (χ1n) is 18.8. The average molecular weight is 656 g/mol. The third-order valence-corrected chi connectivity index (χ3v) is 13.4. The molecule has 2 nitrogen and oxygen atoms in total. The number of anilines is 3. The molecule has 1 aromatic heterocycles. The van der Waals surface area contributed by atoms with Crippen LogP contribution in [0.25, 0.3) is 55.0 Å². The van der Waals surface area contributed by atoms with Crippen molar-refractivity contribution in [1.82, 2.24) is 0 Å². The van der Waals surface area contributed by atoms with Crippen LogP contribution in [0.2, 0.25) is 0 Å². The van der Waals surface area contributed by atoms with E-state index in [1.165, 1.54) is 70.1 Å². The van der Waals surface area contributed by atoms with Gasteiger partial charge in [-0.15, -0.1) is 0 Å². The SMILES string of the molecule is c1ccc(-c2ccc(N(c3ccc4c(c3)C3(c5ccccc5-4)C4CC5CC(C4)C3C5)c3ccc4c(c3)oc3ccccc34)c3ccccc23)cc1. The number of hydrogen-bond acceptors (Lipinski definition) is 2. The highest BCUT2D eigenvalue weighted by Crippen LogP contribution is 2.73. The Labute approximate surface area is 298 Å². The molecule has 4 fully saturated rings. The molecule has 5 aliphatic rings. The summed E-state index contributed by atoms with van der Waals surface area (Å²) in [6.45, 7) is 0. The lowest BCUT2D eigenvalue weighted by atomic mass is 9.59. The minimum absolute atomic E-state index is 0.118. The van der Waals surface area contributed by atoms with Gasteiger partial charge in [-0.1, -0.05) is 109 Å². The summed E-state index contributed by atoms with van der Waals surface area (Å²) in [5, 5.41) is 4.80. The van der Waals surface area contributed by atoms with Crippen molar-refractivity contribution in [3.63, 3.8) is 0 Å². The van der Waals surface area contributed by atoms with E-state index in [0.717, 1.165) is 51.3 Å². The van der Waals surface area contributed by atoms with E-state index in [4.69, 9.17) is 4.42 Å². The van der Waals surface area contributed by atoms with Crippen LogP contribution < -0.4 is 4.90 Å². The predicted octanol–water partition coefficient (Wildman–Crippen LogP) is 13.2. The monoisotopic (exact) mass is 655 g/mol. The van der Waals surface area contributed by atoms with Gasteiger partial charge < -0.3 is 9.32 Å². The summed E-state index contributed by atoms with van der Waals surface area (Å²) in [6, 6.07) is 56.4. The molecule has 5 aliphatic carbocycles. The van der Waals surface area contributed by atoms with Gasteiger partial charge in [0.25, 0.3) is 0 Å². The lowest BCUT2D eigenvalue weighted by Gasteiger charge is -2.44. The first-order chi connectivity index (χ1) is 25.3. The van der Waals surface area contributed by atoms with Gasteiger partial charge in [-0.25, -0.2) is 0 Å². The van der Waals surface area contributed by atoms with E-state index in [0.29, 0.717) is 0 Å². The van der Waals surface area contributed by atoms with Crippen molar-refractivity contribution >= 4 is 49.8 Å². The average Bonchev–Trinajstić information content (AvgIpc) is 3.86. The second-order valence-electron chi connectivity index (χ2n) is 15.7. The van der Waals surface area contributed by atoms with Gasteiger partial charge >= 0.3 is 0 Å². The number of hydrogen-bond donors (Lipinski definition) is 0. The van der Waals surface area contributed by atoms with Crippen LogP contribution in [0, 0.1) is 23.7 Å². The van der Waals surface area contributed by atoms with Crippen molar-refractivity contribution in [3.05, 3.63) is 163 Å². The third-order valence-electron chi connectivity index (χ3n) is 13.4. The Morgan fingerprint density at radius 1 is 0.490 bits per heavy atom. The Morgan fingerprint density at radius 2 is 1.20 bits per heavy atom. The molecule has 4 saturated carbocycles. The molecule has 0 N–H and O–H groups in total. The molecule has 13 rings (SSSR count). The van der Waals surface area contributed by atoms with E-state index in [1.54, 1.807) is 11.1 Å². The van der Waals surface area contributed by atoms with Crippen LogP contribution >= 0.6 is 0 Å². The number of benzene rings is 7. The molecule has 0 amide bonds. The number of furan rings is 1. The smallest absolute Gasteiger partial charge is 0.137 e. The summed E-state index contributed by atoms with van der Waals surface area (Å²) in [6.07, 6.45) is 5.58. The Kier molecular flexibility index (Phi) is 5.65. The van der Waals surface area contributed by atoms with Gasteiger partial charge in [-0.05, 0) is 125 Å². The lowest BCUT2D eigenvalue weighted by Crippen LogP contribution is -2.40. The van der Waals surface area contributed by atoms with Gasteiger partial charge in [0.1, 0.15) is 11.2 Å². The van der Waals surface area contributed by atoms with Crippen LogP contribution in [0.3, 0.4) is 0 Å². The normalized spacial score (nSPS) is 23.8. The van der Waals surface area contributed by atoms with Gasteiger partial charge in [0.15, 0.2) is 0 Å². The Balaban J connectivity index is 1.12. The third kappa shape index (κ3) is 3.72. The van der Waals surface area contributed by atoms with E-state index in [-0.39, 0.29) is 5.41 Å². The van der Waals surface area contributed by atoms with E-state index >= 15 is 0 Å². The fraction of sp³-hybridized carbons (Fsp3) is 0.184. The van der Waals surface area contributed by atoms with Crippen molar-refractivity contribution in [2.45, 2.75) is 31.1 Å². The summed E-state index contributed by atoms with van der Waals surface area (Å²) >= 11 is 0. The maximum Gasteiger partial charge on any atom is 0.137 e. The number of fused-ring (bicyclic) bond motifs is 7. The zero-order chi connectivity index (χ0) is 33.3. The summed E-state index contributed by atoms with van der Waals surface area (Å²) in [5.74, 6) is 3.25. The van der Waals surface area contributed by atoms with Gasteiger partial charge in [-0.2, -0.15) is 0 Å². The molecule has 0 aliphatic heterocycles. The van der Waals surface area contributed by atoms with Gasteiger partial charge in [0.05, 0.1) is 5.69 Å². The minimum atomic E-state index is 0.118. The van der Waals surface area contributed by atoms with E-state index in [2.05, 4.69) is 157 Å². The minimum Gasteiger partial charge on any atom is -0.456 e. The Bertz CT molecular complexity index is 2700. The summed E-state index contributed by atoms with van der Waals surface area (Å²) < 4.78 is 6.51. The zero-order valence-corrected chi connectivity index (χ0v) is 28.4. The molecule has 1 spiro atoms. The highest BCUT2D eigenvalue weighted by Gasteiger charge is 2.66. The van der Waals surface area contributed by atoms with Crippen molar-refractivity contribution in [3.8, 4) is 22.3 Å². The van der Waals surface area contributed by atoms with Crippen molar-refractivity contribution < 1.29 is 4.42 Å². The number of nitrogens with zero attached hydrogens (tertiary/aromatic N) is 1.